The van der Waals surface area contributed by atoms with Crippen molar-refractivity contribution in [3.8, 4) is 17.6 Å². The first-order valence-electron chi connectivity index (χ1n) is 4.80. The zero-order valence-electron chi connectivity index (χ0n) is 8.88. The van der Waals surface area contributed by atoms with Gasteiger partial charge in [-0.1, -0.05) is 17.7 Å². The molecule has 0 saturated heterocycles. The molecule has 0 unspecified atom stereocenters. The molecule has 0 fully saturated rings. The van der Waals surface area contributed by atoms with E-state index in [1.165, 1.54) is 6.07 Å². The average molecular weight is 280 g/mol. The van der Waals surface area contributed by atoms with E-state index in [1.807, 2.05) is 6.07 Å². The number of hydrogen-bond acceptors (Lipinski definition) is 4. The number of benzene rings is 1. The summed E-state index contributed by atoms with van der Waals surface area (Å²) in [6, 6.07) is 8.18. The van der Waals surface area contributed by atoms with Gasteiger partial charge in [-0.05, 0) is 12.1 Å². The summed E-state index contributed by atoms with van der Waals surface area (Å²) in [4.78, 5) is 10.9. The van der Waals surface area contributed by atoms with E-state index in [-0.39, 0.29) is 10.4 Å². The fraction of sp³-hybridized carbons (Fsp3) is 0. The van der Waals surface area contributed by atoms with Crippen molar-refractivity contribution in [1.29, 1.82) is 5.26 Å². The Kier molecular flexibility index (Phi) is 3.51. The van der Waals surface area contributed by atoms with E-state index in [0.29, 0.717) is 16.5 Å². The zero-order valence-corrected chi connectivity index (χ0v) is 10.5. The Balaban J connectivity index is 2.31. The molecule has 2 aromatic rings. The number of ether oxygens (including phenoxy) is 1. The van der Waals surface area contributed by atoms with Gasteiger partial charge in [-0.15, -0.1) is 11.3 Å². The molecular weight excluding hydrogens is 274 g/mol. The van der Waals surface area contributed by atoms with Crippen LogP contribution in [0.1, 0.15) is 15.2 Å². The number of nitriles is 1. The Morgan fingerprint density at radius 3 is 2.89 bits per heavy atom. The van der Waals surface area contributed by atoms with E-state index in [0.717, 1.165) is 11.3 Å². The van der Waals surface area contributed by atoms with Gasteiger partial charge in [0, 0.05) is 11.4 Å². The SMILES string of the molecule is N#Cc1c(Cl)cccc1Oc1csc(C(=O)O)c1. The predicted octanol–water partition coefficient (Wildman–Crippen LogP) is 3.76. The Bertz CT molecular complexity index is 645. The summed E-state index contributed by atoms with van der Waals surface area (Å²) in [5.41, 5.74) is 0.224. The van der Waals surface area contributed by atoms with E-state index < -0.39 is 5.97 Å². The van der Waals surface area contributed by atoms with E-state index in [4.69, 9.17) is 26.7 Å². The number of carboxylic acid groups (broad SMARTS) is 1. The number of carbonyl (C=O) groups is 1. The van der Waals surface area contributed by atoms with Gasteiger partial charge in [0.1, 0.15) is 28.0 Å². The molecule has 0 spiro atoms. The minimum atomic E-state index is -1.01. The van der Waals surface area contributed by atoms with Crippen molar-refractivity contribution < 1.29 is 14.6 Å². The van der Waals surface area contributed by atoms with Crippen LogP contribution in [0.25, 0.3) is 0 Å². The van der Waals surface area contributed by atoms with Crippen molar-refractivity contribution in [2.75, 3.05) is 0 Å². The highest BCUT2D eigenvalue weighted by atomic mass is 35.5. The highest BCUT2D eigenvalue weighted by Gasteiger charge is 2.11. The second-order valence-electron chi connectivity index (χ2n) is 3.28. The minimum absolute atomic E-state index is 0.172. The number of nitrogens with zero attached hydrogens (tertiary/aromatic N) is 1. The van der Waals surface area contributed by atoms with Crippen LogP contribution >= 0.6 is 22.9 Å². The Labute approximate surface area is 112 Å². The van der Waals surface area contributed by atoms with Gasteiger partial charge in [-0.25, -0.2) is 4.79 Å². The molecule has 1 aromatic heterocycles. The molecule has 2 rings (SSSR count). The maximum atomic E-state index is 10.7. The lowest BCUT2D eigenvalue weighted by Crippen LogP contribution is -1.91. The van der Waals surface area contributed by atoms with Crippen molar-refractivity contribution >= 4 is 28.9 Å². The predicted molar refractivity (Wildman–Crippen MR) is 67.5 cm³/mol. The van der Waals surface area contributed by atoms with E-state index in [1.54, 1.807) is 23.6 Å². The van der Waals surface area contributed by atoms with Crippen LogP contribution in [0.4, 0.5) is 0 Å². The molecule has 0 aliphatic heterocycles. The second kappa shape index (κ2) is 5.08. The van der Waals surface area contributed by atoms with Gasteiger partial charge in [0.05, 0.1) is 5.02 Å². The number of hydrogen-bond donors (Lipinski definition) is 1. The Morgan fingerprint density at radius 2 is 2.28 bits per heavy atom. The normalized spacial score (nSPS) is 9.78. The third kappa shape index (κ3) is 2.45. The van der Waals surface area contributed by atoms with Gasteiger partial charge in [0.2, 0.25) is 0 Å². The summed E-state index contributed by atoms with van der Waals surface area (Å²) >= 11 is 6.91. The van der Waals surface area contributed by atoms with Gasteiger partial charge in [-0.2, -0.15) is 5.26 Å². The molecule has 1 aromatic carbocycles. The van der Waals surface area contributed by atoms with Gasteiger partial charge in [0.15, 0.2) is 0 Å². The number of rotatable bonds is 3. The van der Waals surface area contributed by atoms with E-state index >= 15 is 0 Å². The maximum absolute atomic E-state index is 10.7. The molecular formula is C12H6ClNO3S. The third-order valence-corrected chi connectivity index (χ3v) is 3.31. The van der Waals surface area contributed by atoms with E-state index in [9.17, 15) is 4.79 Å². The minimum Gasteiger partial charge on any atom is -0.477 e. The highest BCUT2D eigenvalue weighted by Crippen LogP contribution is 2.32. The lowest BCUT2D eigenvalue weighted by molar-refractivity contribution is 0.0702. The second-order valence-corrected chi connectivity index (χ2v) is 4.60. The summed E-state index contributed by atoms with van der Waals surface area (Å²) in [5, 5.41) is 19.6. The fourth-order valence-corrected chi connectivity index (χ4v) is 2.16. The average Bonchev–Trinajstić information content (AvgIpc) is 2.78. The molecule has 1 N–H and O–H groups in total. The monoisotopic (exact) mass is 279 g/mol. The molecule has 0 amide bonds. The molecule has 0 atom stereocenters. The Morgan fingerprint density at radius 1 is 1.50 bits per heavy atom. The molecule has 0 radical (unpaired) electrons. The topological polar surface area (TPSA) is 70.3 Å². The van der Waals surface area contributed by atoms with Crippen molar-refractivity contribution in [2.45, 2.75) is 0 Å². The van der Waals surface area contributed by atoms with Crippen LogP contribution in [0.15, 0.2) is 29.6 Å². The number of aromatic carboxylic acids is 1. The van der Waals surface area contributed by atoms with Gasteiger partial charge in [0.25, 0.3) is 0 Å². The van der Waals surface area contributed by atoms with Crippen molar-refractivity contribution in [3.05, 3.63) is 45.1 Å². The molecule has 0 saturated carbocycles. The first-order valence-corrected chi connectivity index (χ1v) is 6.06. The zero-order chi connectivity index (χ0) is 13.1. The van der Waals surface area contributed by atoms with Crippen LogP contribution in [-0.4, -0.2) is 11.1 Å². The number of carboxylic acids is 1. The molecule has 90 valence electrons. The summed E-state index contributed by atoms with van der Waals surface area (Å²) in [6.45, 7) is 0. The standard InChI is InChI=1S/C12H6ClNO3S/c13-9-2-1-3-10(8(9)5-14)17-7-4-11(12(15)16)18-6-7/h1-4,6H,(H,15,16). The highest BCUT2D eigenvalue weighted by molar-refractivity contribution is 7.12. The maximum Gasteiger partial charge on any atom is 0.346 e. The number of thiophene rings is 1. The Hall–Kier alpha value is -2.03. The molecule has 4 nitrogen and oxygen atoms in total. The number of halogens is 1. The van der Waals surface area contributed by atoms with Crippen LogP contribution in [0, 0.1) is 11.3 Å². The molecule has 0 bridgehead atoms. The van der Waals surface area contributed by atoms with Gasteiger partial charge in [-0.3, -0.25) is 0 Å². The smallest absolute Gasteiger partial charge is 0.346 e. The summed E-state index contributed by atoms with van der Waals surface area (Å²) in [5.74, 6) is -0.336. The molecule has 18 heavy (non-hydrogen) atoms. The van der Waals surface area contributed by atoms with Crippen LogP contribution < -0.4 is 4.74 Å². The fourth-order valence-electron chi connectivity index (χ4n) is 1.31. The third-order valence-electron chi connectivity index (χ3n) is 2.10. The molecule has 6 heteroatoms. The summed E-state index contributed by atoms with van der Waals surface area (Å²) < 4.78 is 5.45. The lowest BCUT2D eigenvalue weighted by atomic mass is 10.2. The largest absolute Gasteiger partial charge is 0.477 e. The molecule has 1 heterocycles. The van der Waals surface area contributed by atoms with Crippen LogP contribution in [-0.2, 0) is 0 Å². The van der Waals surface area contributed by atoms with Gasteiger partial charge >= 0.3 is 5.97 Å². The van der Waals surface area contributed by atoms with Crippen LogP contribution in [0.2, 0.25) is 5.02 Å². The van der Waals surface area contributed by atoms with Crippen LogP contribution in [0.5, 0.6) is 11.5 Å². The van der Waals surface area contributed by atoms with Crippen LogP contribution in [0.3, 0.4) is 0 Å². The summed E-state index contributed by atoms with van der Waals surface area (Å²) in [6.07, 6.45) is 0. The van der Waals surface area contributed by atoms with Crippen molar-refractivity contribution in [2.24, 2.45) is 0 Å². The quantitative estimate of drug-likeness (QED) is 0.928. The summed E-state index contributed by atoms with van der Waals surface area (Å²) in [7, 11) is 0. The van der Waals surface area contributed by atoms with Gasteiger partial charge < -0.3 is 9.84 Å². The molecule has 0 aliphatic rings. The van der Waals surface area contributed by atoms with E-state index in [2.05, 4.69) is 0 Å². The first-order chi connectivity index (χ1) is 8.61. The first kappa shape index (κ1) is 12.4. The van der Waals surface area contributed by atoms with Crippen molar-refractivity contribution in [1.82, 2.24) is 0 Å². The van der Waals surface area contributed by atoms with Crippen molar-refractivity contribution in [3.63, 3.8) is 0 Å². The molecule has 0 aliphatic carbocycles. The lowest BCUT2D eigenvalue weighted by Gasteiger charge is -2.05.